The molecule has 0 radical (unpaired) electrons. The Labute approximate surface area is 155 Å². The van der Waals surface area contributed by atoms with Crippen LogP contribution >= 0.6 is 23.2 Å². The van der Waals surface area contributed by atoms with E-state index in [0.717, 1.165) is 33.7 Å². The van der Waals surface area contributed by atoms with Crippen molar-refractivity contribution in [2.75, 3.05) is 0 Å². The molecule has 0 aliphatic heterocycles. The van der Waals surface area contributed by atoms with Crippen LogP contribution < -0.4 is 4.74 Å². The molecule has 5 heteroatoms. The molecule has 0 saturated carbocycles. The van der Waals surface area contributed by atoms with Crippen molar-refractivity contribution in [3.63, 3.8) is 0 Å². The van der Waals surface area contributed by atoms with Gasteiger partial charge in [-0.05, 0) is 48.5 Å². The molecule has 25 heavy (non-hydrogen) atoms. The Bertz CT molecular complexity index is 992. The average molecular weight is 369 g/mol. The first-order valence-electron chi connectivity index (χ1n) is 7.81. The number of aromatic amines is 1. The van der Waals surface area contributed by atoms with Gasteiger partial charge in [-0.1, -0.05) is 41.4 Å². The van der Waals surface area contributed by atoms with Gasteiger partial charge in [0.05, 0.1) is 11.0 Å². The van der Waals surface area contributed by atoms with Crippen LogP contribution in [0.5, 0.6) is 5.75 Å². The maximum atomic E-state index is 6.16. The fourth-order valence-corrected chi connectivity index (χ4v) is 3.06. The summed E-state index contributed by atoms with van der Waals surface area (Å²) in [7, 11) is 0. The van der Waals surface area contributed by atoms with E-state index in [1.807, 2.05) is 54.6 Å². The third-order valence-electron chi connectivity index (χ3n) is 3.93. The Morgan fingerprint density at radius 2 is 1.72 bits per heavy atom. The highest BCUT2D eigenvalue weighted by molar-refractivity contribution is 6.35. The summed E-state index contributed by atoms with van der Waals surface area (Å²) in [6.45, 7) is 0.389. The van der Waals surface area contributed by atoms with Gasteiger partial charge in [-0.3, -0.25) is 0 Å². The molecule has 4 aromatic rings. The molecule has 0 aliphatic rings. The van der Waals surface area contributed by atoms with E-state index in [9.17, 15) is 0 Å². The number of benzene rings is 3. The van der Waals surface area contributed by atoms with E-state index in [2.05, 4.69) is 9.97 Å². The lowest BCUT2D eigenvalue weighted by Gasteiger charge is -2.08. The first-order chi connectivity index (χ1) is 12.2. The van der Waals surface area contributed by atoms with Gasteiger partial charge in [0.25, 0.3) is 0 Å². The highest BCUT2D eigenvalue weighted by atomic mass is 35.5. The number of aromatic nitrogens is 2. The highest BCUT2D eigenvalue weighted by Crippen LogP contribution is 2.25. The van der Waals surface area contributed by atoms with Gasteiger partial charge in [0.1, 0.15) is 18.2 Å². The van der Waals surface area contributed by atoms with Crippen LogP contribution in [0.4, 0.5) is 0 Å². The standard InChI is InChI=1S/C20H14Cl2N2O/c21-15-8-5-14(17(22)11-15)12-25-16-9-6-13(7-10-16)20-23-18-3-1-2-4-19(18)24-20/h1-11H,12H2,(H,23,24). The van der Waals surface area contributed by atoms with Crippen molar-refractivity contribution < 1.29 is 4.74 Å². The molecule has 4 rings (SSSR count). The fourth-order valence-electron chi connectivity index (χ4n) is 2.60. The van der Waals surface area contributed by atoms with Gasteiger partial charge in [0.15, 0.2) is 0 Å². The van der Waals surface area contributed by atoms with Crippen molar-refractivity contribution >= 4 is 34.2 Å². The number of nitrogens with one attached hydrogen (secondary N) is 1. The number of hydrogen-bond donors (Lipinski definition) is 1. The average Bonchev–Trinajstić information content (AvgIpc) is 3.05. The van der Waals surface area contributed by atoms with Crippen molar-refractivity contribution in [1.82, 2.24) is 9.97 Å². The Balaban J connectivity index is 1.49. The monoisotopic (exact) mass is 368 g/mol. The smallest absolute Gasteiger partial charge is 0.138 e. The summed E-state index contributed by atoms with van der Waals surface area (Å²) in [5.41, 5.74) is 3.88. The van der Waals surface area contributed by atoms with Gasteiger partial charge in [-0.2, -0.15) is 0 Å². The van der Waals surface area contributed by atoms with Crippen LogP contribution in [0, 0.1) is 0 Å². The van der Waals surface area contributed by atoms with Crippen molar-refractivity contribution in [2.45, 2.75) is 6.61 Å². The number of halogens is 2. The van der Waals surface area contributed by atoms with Crippen molar-refractivity contribution in [1.29, 1.82) is 0 Å². The molecule has 0 bridgehead atoms. The molecule has 1 aromatic heterocycles. The maximum Gasteiger partial charge on any atom is 0.138 e. The van der Waals surface area contributed by atoms with Crippen LogP contribution in [0.3, 0.4) is 0 Å². The zero-order valence-electron chi connectivity index (χ0n) is 13.2. The zero-order chi connectivity index (χ0) is 17.2. The lowest BCUT2D eigenvalue weighted by atomic mass is 10.2. The van der Waals surface area contributed by atoms with Crippen LogP contribution in [0.1, 0.15) is 5.56 Å². The van der Waals surface area contributed by atoms with Crippen LogP contribution in [-0.4, -0.2) is 9.97 Å². The van der Waals surface area contributed by atoms with Gasteiger partial charge in [0.2, 0.25) is 0 Å². The van der Waals surface area contributed by atoms with Gasteiger partial charge in [0, 0.05) is 21.2 Å². The van der Waals surface area contributed by atoms with E-state index in [1.165, 1.54) is 0 Å². The quantitative estimate of drug-likeness (QED) is 0.471. The molecule has 0 fully saturated rings. The molecule has 0 spiro atoms. The largest absolute Gasteiger partial charge is 0.489 e. The van der Waals surface area contributed by atoms with Gasteiger partial charge >= 0.3 is 0 Å². The maximum absolute atomic E-state index is 6.16. The van der Waals surface area contributed by atoms with Crippen molar-refractivity contribution in [2.24, 2.45) is 0 Å². The van der Waals surface area contributed by atoms with Gasteiger partial charge < -0.3 is 9.72 Å². The predicted molar refractivity (Wildman–Crippen MR) is 102 cm³/mol. The Hall–Kier alpha value is -2.49. The number of imidazole rings is 1. The zero-order valence-corrected chi connectivity index (χ0v) is 14.7. The molecule has 3 nitrogen and oxygen atoms in total. The third kappa shape index (κ3) is 3.48. The molecule has 0 aliphatic carbocycles. The summed E-state index contributed by atoms with van der Waals surface area (Å²) in [6.07, 6.45) is 0. The van der Waals surface area contributed by atoms with Gasteiger partial charge in [-0.15, -0.1) is 0 Å². The van der Waals surface area contributed by atoms with E-state index in [-0.39, 0.29) is 0 Å². The number of nitrogens with zero attached hydrogens (tertiary/aromatic N) is 1. The third-order valence-corrected chi connectivity index (χ3v) is 4.51. The van der Waals surface area contributed by atoms with Gasteiger partial charge in [-0.25, -0.2) is 4.98 Å². The lowest BCUT2D eigenvalue weighted by Crippen LogP contribution is -1.96. The number of ether oxygens (including phenoxy) is 1. The molecule has 0 atom stereocenters. The normalized spacial score (nSPS) is 11.0. The summed E-state index contributed by atoms with van der Waals surface area (Å²) in [4.78, 5) is 7.92. The number of hydrogen-bond acceptors (Lipinski definition) is 2. The molecular weight excluding hydrogens is 355 g/mol. The Kier molecular flexibility index (Phi) is 4.35. The number of fused-ring (bicyclic) bond motifs is 1. The minimum Gasteiger partial charge on any atom is -0.489 e. The summed E-state index contributed by atoms with van der Waals surface area (Å²) in [5, 5.41) is 1.22. The highest BCUT2D eigenvalue weighted by Gasteiger charge is 2.06. The number of rotatable bonds is 4. The van der Waals surface area contributed by atoms with E-state index in [4.69, 9.17) is 27.9 Å². The second-order valence-electron chi connectivity index (χ2n) is 5.65. The van der Waals surface area contributed by atoms with Crippen molar-refractivity contribution in [3.05, 3.63) is 82.3 Å². The van der Waals surface area contributed by atoms with E-state index in [0.29, 0.717) is 16.7 Å². The molecule has 0 amide bonds. The summed E-state index contributed by atoms with van der Waals surface area (Å²) in [5.74, 6) is 1.61. The van der Waals surface area contributed by atoms with Crippen molar-refractivity contribution in [3.8, 4) is 17.1 Å². The molecule has 0 saturated heterocycles. The van der Waals surface area contributed by atoms with Crippen LogP contribution in [-0.2, 0) is 6.61 Å². The number of H-pyrrole nitrogens is 1. The minimum atomic E-state index is 0.389. The van der Waals surface area contributed by atoms with E-state index in [1.54, 1.807) is 12.1 Å². The van der Waals surface area contributed by atoms with E-state index < -0.39 is 0 Å². The molecule has 124 valence electrons. The second kappa shape index (κ2) is 6.79. The number of para-hydroxylation sites is 2. The second-order valence-corrected chi connectivity index (χ2v) is 6.49. The van der Waals surface area contributed by atoms with Crippen LogP contribution in [0.15, 0.2) is 66.7 Å². The Morgan fingerprint density at radius 1 is 0.920 bits per heavy atom. The Morgan fingerprint density at radius 3 is 2.48 bits per heavy atom. The topological polar surface area (TPSA) is 37.9 Å². The first-order valence-corrected chi connectivity index (χ1v) is 8.56. The minimum absolute atomic E-state index is 0.389. The molecule has 0 unspecified atom stereocenters. The molecule has 3 aromatic carbocycles. The van der Waals surface area contributed by atoms with E-state index >= 15 is 0 Å². The summed E-state index contributed by atoms with van der Waals surface area (Å²) < 4.78 is 5.80. The summed E-state index contributed by atoms with van der Waals surface area (Å²) >= 11 is 12.1. The lowest BCUT2D eigenvalue weighted by molar-refractivity contribution is 0.306. The molecule has 1 N–H and O–H groups in total. The molecule has 1 heterocycles. The first kappa shape index (κ1) is 16.0. The van der Waals surface area contributed by atoms with Crippen LogP contribution in [0.25, 0.3) is 22.4 Å². The van der Waals surface area contributed by atoms with Crippen LogP contribution in [0.2, 0.25) is 10.0 Å². The fraction of sp³-hybridized carbons (Fsp3) is 0.0500. The SMILES string of the molecule is Clc1ccc(COc2ccc(-c3nc4ccccc4[nH]3)cc2)c(Cl)c1. The molecular formula is C20H14Cl2N2O. The summed E-state index contributed by atoms with van der Waals surface area (Å²) in [6, 6.07) is 21.2. The predicted octanol–water partition coefficient (Wildman–Crippen LogP) is 6.12.